The third-order valence-electron chi connectivity index (χ3n) is 4.75. The number of benzene rings is 2. The number of carbonyl (C=O) groups is 2. The molecule has 0 aromatic heterocycles. The minimum Gasteiger partial charge on any atom is -0.497 e. The molecule has 1 N–H and O–H groups in total. The highest BCUT2D eigenvalue weighted by Crippen LogP contribution is 2.30. The van der Waals surface area contributed by atoms with Gasteiger partial charge in [0.1, 0.15) is 11.5 Å². The van der Waals surface area contributed by atoms with Crippen LogP contribution in [0.3, 0.4) is 0 Å². The second-order valence-corrected chi connectivity index (χ2v) is 6.72. The summed E-state index contributed by atoms with van der Waals surface area (Å²) in [4.78, 5) is 26.7. The lowest BCUT2D eigenvalue weighted by molar-refractivity contribution is -0.128. The van der Waals surface area contributed by atoms with Gasteiger partial charge in [-0.2, -0.15) is 0 Å². The first-order chi connectivity index (χ1) is 13.0. The topological polar surface area (TPSA) is 67.9 Å². The number of methoxy groups -OCH3 is 2. The number of rotatable bonds is 6. The van der Waals surface area contributed by atoms with Crippen molar-refractivity contribution < 1.29 is 19.1 Å². The van der Waals surface area contributed by atoms with E-state index < -0.39 is 0 Å². The molecule has 2 aromatic carbocycles. The predicted molar refractivity (Wildman–Crippen MR) is 103 cm³/mol. The first-order valence-corrected chi connectivity index (χ1v) is 8.86. The quantitative estimate of drug-likeness (QED) is 0.851. The van der Waals surface area contributed by atoms with Crippen molar-refractivity contribution in [3.63, 3.8) is 0 Å². The number of ether oxygens (including phenoxy) is 2. The van der Waals surface area contributed by atoms with Crippen LogP contribution in [0.2, 0.25) is 0 Å². The van der Waals surface area contributed by atoms with E-state index in [-0.39, 0.29) is 24.2 Å². The molecule has 1 saturated heterocycles. The fraction of sp³-hybridized carbons (Fsp3) is 0.333. The van der Waals surface area contributed by atoms with Crippen molar-refractivity contribution in [3.8, 4) is 11.5 Å². The van der Waals surface area contributed by atoms with Gasteiger partial charge in [0.15, 0.2) is 0 Å². The number of aryl methyl sites for hydroxylation is 1. The molecule has 0 saturated carbocycles. The highest BCUT2D eigenvalue weighted by Gasteiger charge is 2.34. The van der Waals surface area contributed by atoms with Gasteiger partial charge in [-0.05, 0) is 24.6 Å². The van der Waals surface area contributed by atoms with Gasteiger partial charge in [0.25, 0.3) is 0 Å². The van der Waals surface area contributed by atoms with Gasteiger partial charge < -0.3 is 19.7 Å². The van der Waals surface area contributed by atoms with E-state index in [1.54, 1.807) is 30.2 Å². The number of amides is 2. The Morgan fingerprint density at radius 2 is 1.89 bits per heavy atom. The van der Waals surface area contributed by atoms with E-state index in [4.69, 9.17) is 9.47 Å². The van der Waals surface area contributed by atoms with Gasteiger partial charge in [-0.3, -0.25) is 9.59 Å². The van der Waals surface area contributed by atoms with E-state index in [9.17, 15) is 9.59 Å². The van der Waals surface area contributed by atoms with Crippen molar-refractivity contribution >= 4 is 17.5 Å². The summed E-state index contributed by atoms with van der Waals surface area (Å²) in [6.45, 7) is 2.96. The Morgan fingerprint density at radius 1 is 1.15 bits per heavy atom. The lowest BCUT2D eigenvalue weighted by Gasteiger charge is -2.17. The van der Waals surface area contributed by atoms with Crippen LogP contribution in [-0.4, -0.2) is 37.5 Å². The maximum Gasteiger partial charge on any atom is 0.229 e. The van der Waals surface area contributed by atoms with E-state index in [2.05, 4.69) is 5.32 Å². The molecule has 0 radical (unpaired) electrons. The average molecular weight is 368 g/mol. The molecule has 27 heavy (non-hydrogen) atoms. The monoisotopic (exact) mass is 368 g/mol. The largest absolute Gasteiger partial charge is 0.497 e. The lowest BCUT2D eigenvalue weighted by atomic mass is 10.1. The number of hydrogen-bond donors (Lipinski definition) is 1. The molecule has 2 aromatic rings. The van der Waals surface area contributed by atoms with Crippen LogP contribution in [0.5, 0.6) is 11.5 Å². The maximum absolute atomic E-state index is 12.6. The number of nitrogens with zero attached hydrogens (tertiary/aromatic N) is 1. The van der Waals surface area contributed by atoms with Crippen molar-refractivity contribution in [2.75, 3.05) is 26.1 Å². The van der Waals surface area contributed by atoms with Gasteiger partial charge in [-0.1, -0.05) is 29.8 Å². The van der Waals surface area contributed by atoms with Gasteiger partial charge in [0, 0.05) is 25.6 Å². The zero-order valence-corrected chi connectivity index (χ0v) is 15.8. The van der Waals surface area contributed by atoms with Crippen molar-refractivity contribution in [2.24, 2.45) is 5.92 Å². The lowest BCUT2D eigenvalue weighted by Crippen LogP contribution is -2.28. The second kappa shape index (κ2) is 8.12. The smallest absolute Gasteiger partial charge is 0.229 e. The summed E-state index contributed by atoms with van der Waals surface area (Å²) in [5, 5.41) is 2.87. The van der Waals surface area contributed by atoms with Gasteiger partial charge in [-0.15, -0.1) is 0 Å². The normalized spacial score (nSPS) is 16.3. The van der Waals surface area contributed by atoms with Crippen molar-refractivity contribution in [3.05, 3.63) is 53.6 Å². The van der Waals surface area contributed by atoms with Crippen LogP contribution < -0.4 is 14.8 Å². The van der Waals surface area contributed by atoms with Crippen LogP contribution in [-0.2, 0) is 16.1 Å². The van der Waals surface area contributed by atoms with Crippen LogP contribution in [0, 0.1) is 12.8 Å². The molecular formula is C21H24N2O4. The SMILES string of the molecule is COc1ccc(NC(=O)C2CC(=O)N(Cc3ccc(C)cc3)C2)c(OC)c1. The highest BCUT2D eigenvalue weighted by molar-refractivity contribution is 5.98. The predicted octanol–water partition coefficient (Wildman–Crippen LogP) is 3.00. The van der Waals surface area contributed by atoms with E-state index in [0.717, 1.165) is 5.56 Å². The number of likely N-dealkylation sites (tertiary alicyclic amines) is 1. The molecule has 0 bridgehead atoms. The van der Waals surface area contributed by atoms with Gasteiger partial charge >= 0.3 is 0 Å². The standard InChI is InChI=1S/C21H24N2O4/c1-14-4-6-15(7-5-14)12-23-13-16(10-20(23)24)21(25)22-18-9-8-17(26-2)11-19(18)27-3/h4-9,11,16H,10,12-13H2,1-3H3,(H,22,25). The minimum atomic E-state index is -0.380. The maximum atomic E-state index is 12.6. The van der Waals surface area contributed by atoms with Crippen molar-refractivity contribution in [1.29, 1.82) is 0 Å². The number of nitrogens with one attached hydrogen (secondary N) is 1. The summed E-state index contributed by atoms with van der Waals surface area (Å²) in [6.07, 6.45) is 0.218. The molecule has 1 aliphatic rings. The van der Waals surface area contributed by atoms with Gasteiger partial charge in [0.2, 0.25) is 11.8 Å². The molecule has 3 rings (SSSR count). The molecule has 1 unspecified atom stereocenters. The average Bonchev–Trinajstić information content (AvgIpc) is 3.04. The van der Waals surface area contributed by atoms with Crippen molar-refractivity contribution in [1.82, 2.24) is 4.90 Å². The molecule has 1 atom stereocenters. The van der Waals surface area contributed by atoms with Gasteiger partial charge in [0.05, 0.1) is 25.8 Å². The van der Waals surface area contributed by atoms with Crippen LogP contribution in [0.4, 0.5) is 5.69 Å². The summed E-state index contributed by atoms with van der Waals surface area (Å²) in [5.74, 6) is 0.596. The first-order valence-electron chi connectivity index (χ1n) is 8.86. The molecule has 6 heteroatoms. The summed E-state index contributed by atoms with van der Waals surface area (Å²) in [7, 11) is 3.10. The Hall–Kier alpha value is -3.02. The molecule has 142 valence electrons. The van der Waals surface area contributed by atoms with Crippen LogP contribution in [0.15, 0.2) is 42.5 Å². The third kappa shape index (κ3) is 4.39. The van der Waals surface area contributed by atoms with Crippen LogP contribution in [0.25, 0.3) is 0 Å². The minimum absolute atomic E-state index is 0.00239. The molecule has 6 nitrogen and oxygen atoms in total. The van der Waals surface area contributed by atoms with E-state index in [1.807, 2.05) is 31.2 Å². The molecule has 1 aliphatic heterocycles. The molecule has 2 amide bonds. The van der Waals surface area contributed by atoms with Crippen LogP contribution in [0.1, 0.15) is 17.5 Å². The Bertz CT molecular complexity index is 833. The number of carbonyl (C=O) groups excluding carboxylic acids is 2. The summed E-state index contributed by atoms with van der Waals surface area (Å²) in [6, 6.07) is 13.3. The van der Waals surface area contributed by atoms with E-state index >= 15 is 0 Å². The van der Waals surface area contributed by atoms with Crippen molar-refractivity contribution in [2.45, 2.75) is 19.9 Å². The summed E-state index contributed by atoms with van der Waals surface area (Å²) in [5.41, 5.74) is 2.80. The first kappa shape index (κ1) is 18.8. The summed E-state index contributed by atoms with van der Waals surface area (Å²) < 4.78 is 10.5. The number of hydrogen-bond acceptors (Lipinski definition) is 4. The Kier molecular flexibility index (Phi) is 5.64. The number of anilines is 1. The molecule has 0 spiro atoms. The van der Waals surface area contributed by atoms with Crippen LogP contribution >= 0.6 is 0 Å². The Morgan fingerprint density at radius 3 is 2.56 bits per heavy atom. The second-order valence-electron chi connectivity index (χ2n) is 6.72. The third-order valence-corrected chi connectivity index (χ3v) is 4.75. The Labute approximate surface area is 159 Å². The fourth-order valence-electron chi connectivity index (χ4n) is 3.15. The zero-order valence-electron chi connectivity index (χ0n) is 15.8. The molecule has 1 fully saturated rings. The zero-order chi connectivity index (χ0) is 19.4. The van der Waals surface area contributed by atoms with E-state index in [1.165, 1.54) is 12.7 Å². The van der Waals surface area contributed by atoms with E-state index in [0.29, 0.717) is 30.3 Å². The molecule has 0 aliphatic carbocycles. The fourth-order valence-corrected chi connectivity index (χ4v) is 3.15. The summed E-state index contributed by atoms with van der Waals surface area (Å²) >= 11 is 0. The molecular weight excluding hydrogens is 344 g/mol. The molecule has 1 heterocycles. The Balaban J connectivity index is 1.64. The highest BCUT2D eigenvalue weighted by atomic mass is 16.5. The van der Waals surface area contributed by atoms with Gasteiger partial charge in [-0.25, -0.2) is 0 Å².